The molecule has 3 heteroatoms. The summed E-state index contributed by atoms with van der Waals surface area (Å²) in [7, 11) is 0. The number of hydrogen-bond donors (Lipinski definition) is 1. The predicted octanol–water partition coefficient (Wildman–Crippen LogP) is 2.26. The number of nitrogens with one attached hydrogen (secondary N) is 1. The largest absolute Gasteiger partial charge is 0.466 e. The van der Waals surface area contributed by atoms with E-state index in [1.165, 1.54) is 18.4 Å². The minimum absolute atomic E-state index is 0.146. The zero-order chi connectivity index (χ0) is 12.8. The van der Waals surface area contributed by atoms with Crippen molar-refractivity contribution in [3.8, 4) is 0 Å². The van der Waals surface area contributed by atoms with E-state index in [9.17, 15) is 4.79 Å². The molecule has 2 rings (SSSR count). The Labute approximate surface area is 109 Å². The van der Waals surface area contributed by atoms with Crippen LogP contribution < -0.4 is 5.32 Å². The summed E-state index contributed by atoms with van der Waals surface area (Å²) >= 11 is 0. The van der Waals surface area contributed by atoms with E-state index >= 15 is 0 Å². The molecule has 1 saturated heterocycles. The third-order valence-corrected chi connectivity index (χ3v) is 3.44. The fourth-order valence-corrected chi connectivity index (χ4v) is 2.44. The average molecular weight is 247 g/mol. The van der Waals surface area contributed by atoms with E-state index in [2.05, 4.69) is 17.4 Å². The van der Waals surface area contributed by atoms with Crippen molar-refractivity contribution >= 4 is 5.97 Å². The van der Waals surface area contributed by atoms with Gasteiger partial charge in [-0.05, 0) is 49.9 Å². The van der Waals surface area contributed by atoms with E-state index in [4.69, 9.17) is 4.74 Å². The molecule has 0 amide bonds. The number of carbonyl (C=O) groups excluding carboxylic acids is 1. The molecule has 0 radical (unpaired) electrons. The Hall–Kier alpha value is -1.35. The van der Waals surface area contributed by atoms with Crippen LogP contribution in [-0.2, 0) is 16.0 Å². The minimum atomic E-state index is -0.146. The summed E-state index contributed by atoms with van der Waals surface area (Å²) in [6.45, 7) is 4.49. The molecule has 1 aliphatic heterocycles. The first-order valence-corrected chi connectivity index (χ1v) is 6.74. The summed E-state index contributed by atoms with van der Waals surface area (Å²) in [5.74, 6) is 0.523. The highest BCUT2D eigenvalue weighted by molar-refractivity contribution is 5.72. The Morgan fingerprint density at radius 3 is 2.56 bits per heavy atom. The number of rotatable bonds is 4. The molecule has 1 N–H and O–H groups in total. The van der Waals surface area contributed by atoms with Crippen LogP contribution in [0.4, 0.5) is 0 Å². The van der Waals surface area contributed by atoms with Gasteiger partial charge in [0.15, 0.2) is 0 Å². The summed E-state index contributed by atoms with van der Waals surface area (Å²) in [6, 6.07) is 8.41. The molecule has 0 aliphatic carbocycles. The van der Waals surface area contributed by atoms with Crippen LogP contribution in [0.2, 0.25) is 0 Å². The molecule has 0 atom stereocenters. The van der Waals surface area contributed by atoms with Crippen molar-refractivity contribution in [3.63, 3.8) is 0 Å². The molecule has 1 aromatic rings. The number of benzene rings is 1. The van der Waals surface area contributed by atoms with Crippen molar-refractivity contribution in [2.24, 2.45) is 0 Å². The zero-order valence-corrected chi connectivity index (χ0v) is 10.9. The zero-order valence-electron chi connectivity index (χ0n) is 10.9. The highest BCUT2D eigenvalue weighted by atomic mass is 16.5. The van der Waals surface area contributed by atoms with E-state index in [-0.39, 0.29) is 5.97 Å². The second-order valence-corrected chi connectivity index (χ2v) is 4.75. The second-order valence-electron chi connectivity index (χ2n) is 4.75. The summed E-state index contributed by atoms with van der Waals surface area (Å²) in [6.07, 6.45) is 2.79. The highest BCUT2D eigenvalue weighted by Gasteiger charge is 2.14. The lowest BCUT2D eigenvalue weighted by molar-refractivity contribution is -0.142. The molecule has 98 valence electrons. The Morgan fingerprint density at radius 1 is 1.28 bits per heavy atom. The van der Waals surface area contributed by atoms with Gasteiger partial charge in [0.2, 0.25) is 0 Å². The number of esters is 1. The third kappa shape index (κ3) is 3.57. The lowest BCUT2D eigenvalue weighted by atomic mass is 9.89. The second kappa shape index (κ2) is 6.55. The van der Waals surface area contributed by atoms with Gasteiger partial charge in [0, 0.05) is 0 Å². The topological polar surface area (TPSA) is 38.3 Å². The van der Waals surface area contributed by atoms with Crippen molar-refractivity contribution in [1.29, 1.82) is 0 Å². The average Bonchev–Trinajstić information content (AvgIpc) is 2.41. The fraction of sp³-hybridized carbons (Fsp3) is 0.533. The Balaban J connectivity index is 1.94. The van der Waals surface area contributed by atoms with E-state index in [0.717, 1.165) is 18.7 Å². The van der Waals surface area contributed by atoms with E-state index < -0.39 is 0 Å². The first kappa shape index (κ1) is 13.1. The van der Waals surface area contributed by atoms with Gasteiger partial charge >= 0.3 is 5.97 Å². The molecule has 1 heterocycles. The lowest BCUT2D eigenvalue weighted by Gasteiger charge is -2.23. The molecule has 0 aromatic heterocycles. The van der Waals surface area contributed by atoms with Crippen molar-refractivity contribution in [2.75, 3.05) is 19.7 Å². The van der Waals surface area contributed by atoms with Gasteiger partial charge in [-0.1, -0.05) is 24.3 Å². The SMILES string of the molecule is CCOC(=O)Cc1ccc(C2CCNCC2)cc1. The molecular formula is C15H21NO2. The van der Waals surface area contributed by atoms with E-state index in [0.29, 0.717) is 18.9 Å². The van der Waals surface area contributed by atoms with E-state index in [1.54, 1.807) is 0 Å². The van der Waals surface area contributed by atoms with E-state index in [1.807, 2.05) is 19.1 Å². The van der Waals surface area contributed by atoms with Crippen LogP contribution >= 0.6 is 0 Å². The number of hydrogen-bond acceptors (Lipinski definition) is 3. The molecule has 18 heavy (non-hydrogen) atoms. The molecule has 1 fully saturated rings. The third-order valence-electron chi connectivity index (χ3n) is 3.44. The van der Waals surface area contributed by atoms with Crippen molar-refractivity contribution < 1.29 is 9.53 Å². The summed E-state index contributed by atoms with van der Waals surface area (Å²) in [5, 5.41) is 3.37. The molecule has 0 saturated carbocycles. The van der Waals surface area contributed by atoms with Crippen LogP contribution in [0.15, 0.2) is 24.3 Å². The smallest absolute Gasteiger partial charge is 0.310 e. The van der Waals surface area contributed by atoms with Crippen molar-refractivity contribution in [1.82, 2.24) is 5.32 Å². The first-order valence-electron chi connectivity index (χ1n) is 6.74. The van der Waals surface area contributed by atoms with Crippen molar-refractivity contribution in [3.05, 3.63) is 35.4 Å². The van der Waals surface area contributed by atoms with Crippen LogP contribution in [0, 0.1) is 0 Å². The van der Waals surface area contributed by atoms with Crippen LogP contribution in [-0.4, -0.2) is 25.7 Å². The fourth-order valence-electron chi connectivity index (χ4n) is 2.44. The molecule has 0 spiro atoms. The maximum absolute atomic E-state index is 11.4. The molecule has 1 aliphatic rings. The van der Waals surface area contributed by atoms with Crippen LogP contribution in [0.3, 0.4) is 0 Å². The monoisotopic (exact) mass is 247 g/mol. The van der Waals surface area contributed by atoms with Crippen LogP contribution in [0.1, 0.15) is 36.8 Å². The van der Waals surface area contributed by atoms with Gasteiger partial charge in [0.1, 0.15) is 0 Å². The molecule has 0 unspecified atom stereocenters. The minimum Gasteiger partial charge on any atom is -0.466 e. The quantitative estimate of drug-likeness (QED) is 0.829. The number of piperidine rings is 1. The Morgan fingerprint density at radius 2 is 1.94 bits per heavy atom. The van der Waals surface area contributed by atoms with Crippen molar-refractivity contribution in [2.45, 2.75) is 32.1 Å². The number of ether oxygens (including phenoxy) is 1. The molecule has 0 bridgehead atoms. The van der Waals surface area contributed by atoms with Crippen LogP contribution in [0.5, 0.6) is 0 Å². The molecule has 1 aromatic carbocycles. The Kier molecular flexibility index (Phi) is 4.76. The van der Waals surface area contributed by atoms with Gasteiger partial charge in [-0.2, -0.15) is 0 Å². The maximum Gasteiger partial charge on any atom is 0.310 e. The lowest BCUT2D eigenvalue weighted by Crippen LogP contribution is -2.26. The highest BCUT2D eigenvalue weighted by Crippen LogP contribution is 2.25. The van der Waals surface area contributed by atoms with Crippen LogP contribution in [0.25, 0.3) is 0 Å². The molecular weight excluding hydrogens is 226 g/mol. The Bertz CT molecular complexity index is 380. The number of carbonyl (C=O) groups is 1. The summed E-state index contributed by atoms with van der Waals surface area (Å²) in [4.78, 5) is 11.4. The first-order chi connectivity index (χ1) is 8.79. The van der Waals surface area contributed by atoms with Gasteiger partial charge in [0.25, 0.3) is 0 Å². The van der Waals surface area contributed by atoms with Gasteiger partial charge in [-0.3, -0.25) is 4.79 Å². The van der Waals surface area contributed by atoms with Gasteiger partial charge in [0.05, 0.1) is 13.0 Å². The summed E-state index contributed by atoms with van der Waals surface area (Å²) < 4.78 is 4.95. The summed E-state index contributed by atoms with van der Waals surface area (Å²) in [5.41, 5.74) is 2.43. The van der Waals surface area contributed by atoms with Gasteiger partial charge in [-0.15, -0.1) is 0 Å². The van der Waals surface area contributed by atoms with Gasteiger partial charge in [-0.25, -0.2) is 0 Å². The standard InChI is InChI=1S/C15H21NO2/c1-2-18-15(17)11-12-3-5-13(6-4-12)14-7-9-16-10-8-14/h3-6,14,16H,2,7-11H2,1H3. The maximum atomic E-state index is 11.4. The predicted molar refractivity (Wildman–Crippen MR) is 71.6 cm³/mol. The normalized spacial score (nSPS) is 16.5. The molecule has 3 nitrogen and oxygen atoms in total. The van der Waals surface area contributed by atoms with Gasteiger partial charge < -0.3 is 10.1 Å².